The van der Waals surface area contributed by atoms with Crippen LogP contribution in [0.25, 0.3) is 0 Å². The minimum absolute atomic E-state index is 0.154. The van der Waals surface area contributed by atoms with Crippen LogP contribution in [0.2, 0.25) is 0 Å². The molecule has 0 fully saturated rings. The predicted octanol–water partition coefficient (Wildman–Crippen LogP) is 3.95. The quantitative estimate of drug-likeness (QED) is 0.882. The number of nitrogens with one attached hydrogen (secondary N) is 1. The highest BCUT2D eigenvalue weighted by molar-refractivity contribution is 5.21. The second-order valence-corrected chi connectivity index (χ2v) is 4.39. The summed E-state index contributed by atoms with van der Waals surface area (Å²) in [5.41, 5.74) is 1.01. The van der Waals surface area contributed by atoms with Crippen LogP contribution in [-0.2, 0) is 6.54 Å². The Morgan fingerprint density at radius 3 is 2.47 bits per heavy atom. The average molecular weight is 265 g/mol. The van der Waals surface area contributed by atoms with Crippen molar-refractivity contribution < 1.29 is 13.2 Å². The molecule has 0 aliphatic heterocycles. The van der Waals surface area contributed by atoms with Crippen LogP contribution < -0.4 is 5.32 Å². The lowest BCUT2D eigenvalue weighted by molar-refractivity contribution is 0.532. The normalized spacial score (nSPS) is 12.4. The van der Waals surface area contributed by atoms with Crippen molar-refractivity contribution in [2.75, 3.05) is 0 Å². The molecule has 0 spiro atoms. The third kappa shape index (κ3) is 3.58. The van der Waals surface area contributed by atoms with Crippen LogP contribution in [-0.4, -0.2) is 0 Å². The van der Waals surface area contributed by atoms with Crippen molar-refractivity contribution in [2.24, 2.45) is 0 Å². The molecule has 2 aromatic carbocycles. The lowest BCUT2D eigenvalue weighted by Gasteiger charge is -2.14. The molecule has 0 aliphatic rings. The summed E-state index contributed by atoms with van der Waals surface area (Å²) in [6.07, 6.45) is 0. The van der Waals surface area contributed by atoms with Crippen molar-refractivity contribution in [2.45, 2.75) is 19.5 Å². The van der Waals surface area contributed by atoms with Gasteiger partial charge in [-0.25, -0.2) is 13.2 Å². The zero-order valence-electron chi connectivity index (χ0n) is 10.5. The second-order valence-electron chi connectivity index (χ2n) is 4.39. The molecule has 0 radical (unpaired) electrons. The summed E-state index contributed by atoms with van der Waals surface area (Å²) in [6.45, 7) is 2.02. The van der Waals surface area contributed by atoms with Gasteiger partial charge in [-0.1, -0.05) is 12.1 Å². The Labute approximate surface area is 110 Å². The first-order valence-electron chi connectivity index (χ1n) is 5.99. The van der Waals surface area contributed by atoms with E-state index in [-0.39, 0.29) is 24.0 Å². The van der Waals surface area contributed by atoms with Gasteiger partial charge in [0.2, 0.25) is 0 Å². The van der Waals surface area contributed by atoms with E-state index in [9.17, 15) is 13.2 Å². The van der Waals surface area contributed by atoms with E-state index < -0.39 is 11.6 Å². The number of hydrogen-bond acceptors (Lipinski definition) is 1. The summed E-state index contributed by atoms with van der Waals surface area (Å²) in [6, 6.07) is 9.35. The van der Waals surface area contributed by atoms with E-state index in [0.717, 1.165) is 23.8 Å². The van der Waals surface area contributed by atoms with Gasteiger partial charge in [0.15, 0.2) is 0 Å². The third-order valence-corrected chi connectivity index (χ3v) is 2.96. The van der Waals surface area contributed by atoms with E-state index in [1.807, 2.05) is 6.92 Å². The van der Waals surface area contributed by atoms with Crippen LogP contribution in [0.3, 0.4) is 0 Å². The molecular formula is C15H14F3N. The fraction of sp³-hybridized carbons (Fsp3) is 0.200. The first kappa shape index (κ1) is 13.6. The molecule has 0 saturated heterocycles. The Balaban J connectivity index is 2.04. The highest BCUT2D eigenvalue weighted by Gasteiger charge is 2.08. The predicted molar refractivity (Wildman–Crippen MR) is 68.0 cm³/mol. The summed E-state index contributed by atoms with van der Waals surface area (Å²) >= 11 is 0. The number of rotatable bonds is 4. The van der Waals surface area contributed by atoms with Gasteiger partial charge in [0.1, 0.15) is 17.5 Å². The largest absolute Gasteiger partial charge is 0.306 e. The highest BCUT2D eigenvalue weighted by atomic mass is 19.1. The van der Waals surface area contributed by atoms with E-state index in [4.69, 9.17) is 0 Å². The van der Waals surface area contributed by atoms with Crippen molar-refractivity contribution >= 4 is 0 Å². The first-order chi connectivity index (χ1) is 9.06. The Hall–Kier alpha value is -1.81. The Kier molecular flexibility index (Phi) is 4.22. The van der Waals surface area contributed by atoms with E-state index in [2.05, 4.69) is 5.32 Å². The fourth-order valence-corrected chi connectivity index (χ4v) is 1.84. The van der Waals surface area contributed by atoms with Crippen LogP contribution in [0.5, 0.6) is 0 Å². The SMILES string of the molecule is C[C@H](NCc1cc(F)ccc1F)c1cccc(F)c1. The van der Waals surface area contributed by atoms with Crippen LogP contribution in [0.4, 0.5) is 13.2 Å². The maximum atomic E-state index is 13.4. The van der Waals surface area contributed by atoms with Gasteiger partial charge < -0.3 is 5.32 Å². The zero-order chi connectivity index (χ0) is 13.8. The lowest BCUT2D eigenvalue weighted by Crippen LogP contribution is -2.19. The molecule has 0 aromatic heterocycles. The molecule has 2 rings (SSSR count). The maximum Gasteiger partial charge on any atom is 0.127 e. The summed E-state index contributed by atoms with van der Waals surface area (Å²) in [5.74, 6) is -1.25. The molecule has 0 saturated carbocycles. The van der Waals surface area contributed by atoms with Gasteiger partial charge in [0.05, 0.1) is 0 Å². The average Bonchev–Trinajstić information content (AvgIpc) is 2.39. The summed E-state index contributed by atoms with van der Waals surface area (Å²) in [5, 5.41) is 3.04. The van der Waals surface area contributed by atoms with E-state index in [1.165, 1.54) is 12.1 Å². The fourth-order valence-electron chi connectivity index (χ4n) is 1.84. The minimum atomic E-state index is -0.475. The van der Waals surface area contributed by atoms with Crippen molar-refractivity contribution in [1.29, 1.82) is 0 Å². The minimum Gasteiger partial charge on any atom is -0.306 e. The molecule has 0 heterocycles. The van der Waals surface area contributed by atoms with Crippen LogP contribution >= 0.6 is 0 Å². The molecule has 0 amide bonds. The Bertz CT molecular complexity index is 569. The molecule has 4 heteroatoms. The van der Waals surface area contributed by atoms with Crippen LogP contribution in [0, 0.1) is 17.5 Å². The molecule has 1 atom stereocenters. The number of halogens is 3. The molecule has 1 N–H and O–H groups in total. The number of hydrogen-bond donors (Lipinski definition) is 1. The van der Waals surface area contributed by atoms with Crippen molar-refractivity contribution in [3.05, 3.63) is 71.0 Å². The maximum absolute atomic E-state index is 13.4. The molecule has 0 bridgehead atoms. The lowest BCUT2D eigenvalue weighted by atomic mass is 10.1. The molecule has 2 aromatic rings. The standard InChI is InChI=1S/C15H14F3N/c1-10(11-3-2-4-13(16)7-11)19-9-12-8-14(17)5-6-15(12)18/h2-8,10,19H,9H2,1H3/t10-/m0/s1. The van der Waals surface area contributed by atoms with Crippen molar-refractivity contribution in [1.82, 2.24) is 5.32 Å². The summed E-state index contributed by atoms with van der Waals surface area (Å²) in [4.78, 5) is 0. The highest BCUT2D eigenvalue weighted by Crippen LogP contribution is 2.15. The Morgan fingerprint density at radius 2 is 1.74 bits per heavy atom. The van der Waals surface area contributed by atoms with Gasteiger partial charge in [-0.05, 0) is 42.8 Å². The molecule has 19 heavy (non-hydrogen) atoms. The Morgan fingerprint density at radius 1 is 1.00 bits per heavy atom. The monoisotopic (exact) mass is 265 g/mol. The van der Waals surface area contributed by atoms with Crippen LogP contribution in [0.1, 0.15) is 24.1 Å². The molecule has 100 valence electrons. The summed E-state index contributed by atoms with van der Waals surface area (Å²) in [7, 11) is 0. The smallest absolute Gasteiger partial charge is 0.127 e. The van der Waals surface area contributed by atoms with Gasteiger partial charge >= 0.3 is 0 Å². The molecule has 0 aliphatic carbocycles. The van der Waals surface area contributed by atoms with Gasteiger partial charge in [-0.3, -0.25) is 0 Å². The van der Waals surface area contributed by atoms with E-state index >= 15 is 0 Å². The third-order valence-electron chi connectivity index (χ3n) is 2.96. The topological polar surface area (TPSA) is 12.0 Å². The van der Waals surface area contributed by atoms with Crippen LogP contribution in [0.15, 0.2) is 42.5 Å². The van der Waals surface area contributed by atoms with Gasteiger partial charge in [0.25, 0.3) is 0 Å². The molecule has 1 nitrogen and oxygen atoms in total. The van der Waals surface area contributed by atoms with Gasteiger partial charge in [0, 0.05) is 18.2 Å². The number of benzene rings is 2. The van der Waals surface area contributed by atoms with Gasteiger partial charge in [-0.15, -0.1) is 0 Å². The second kappa shape index (κ2) is 5.89. The molecule has 0 unspecified atom stereocenters. The zero-order valence-corrected chi connectivity index (χ0v) is 10.5. The van der Waals surface area contributed by atoms with E-state index in [1.54, 1.807) is 12.1 Å². The first-order valence-corrected chi connectivity index (χ1v) is 5.99. The molecular weight excluding hydrogens is 251 g/mol. The van der Waals surface area contributed by atoms with Crippen molar-refractivity contribution in [3.8, 4) is 0 Å². The van der Waals surface area contributed by atoms with Crippen molar-refractivity contribution in [3.63, 3.8) is 0 Å². The van der Waals surface area contributed by atoms with E-state index in [0.29, 0.717) is 0 Å². The van der Waals surface area contributed by atoms with Gasteiger partial charge in [-0.2, -0.15) is 0 Å². The summed E-state index contributed by atoms with van der Waals surface area (Å²) < 4.78 is 39.5.